The molecule has 3 atom stereocenters. The van der Waals surface area contributed by atoms with Crippen LogP contribution in [-0.2, 0) is 14.3 Å². The van der Waals surface area contributed by atoms with Gasteiger partial charge in [-0.2, -0.15) is 13.2 Å². The first-order valence-corrected chi connectivity index (χ1v) is 9.11. The number of rotatable bonds is 4. The summed E-state index contributed by atoms with van der Waals surface area (Å²) in [5.74, 6) is -0.373. The molecule has 4 rings (SSSR count). The van der Waals surface area contributed by atoms with E-state index in [2.05, 4.69) is 10.6 Å². The molecule has 2 aliphatic heterocycles. The lowest BCUT2D eigenvalue weighted by molar-refractivity contribution is -0.291. The van der Waals surface area contributed by atoms with Crippen molar-refractivity contribution < 1.29 is 27.4 Å². The molecule has 2 saturated heterocycles. The highest BCUT2D eigenvalue weighted by molar-refractivity contribution is 5.76. The van der Waals surface area contributed by atoms with Crippen molar-refractivity contribution in [3.63, 3.8) is 0 Å². The van der Waals surface area contributed by atoms with Gasteiger partial charge in [0, 0.05) is 13.1 Å². The van der Waals surface area contributed by atoms with E-state index in [9.17, 15) is 18.0 Å². The molecule has 2 saturated carbocycles. The van der Waals surface area contributed by atoms with Crippen LogP contribution >= 0.6 is 0 Å². The van der Waals surface area contributed by atoms with Crippen molar-refractivity contribution >= 4 is 5.91 Å². The first-order valence-electron chi connectivity index (χ1n) is 9.11. The van der Waals surface area contributed by atoms with Crippen LogP contribution in [0.3, 0.4) is 0 Å². The molecule has 0 radical (unpaired) electrons. The lowest BCUT2D eigenvalue weighted by atomic mass is 9.45. The van der Waals surface area contributed by atoms with Gasteiger partial charge in [0.25, 0.3) is 0 Å². The van der Waals surface area contributed by atoms with Crippen molar-refractivity contribution in [2.75, 3.05) is 26.3 Å². The van der Waals surface area contributed by atoms with Gasteiger partial charge in [-0.15, -0.1) is 0 Å². The number of carbonyl (C=O) groups excluding carboxylic acids is 1. The van der Waals surface area contributed by atoms with Gasteiger partial charge in [-0.1, -0.05) is 6.42 Å². The molecule has 4 aliphatic rings. The van der Waals surface area contributed by atoms with Crippen LogP contribution in [0.15, 0.2) is 0 Å². The summed E-state index contributed by atoms with van der Waals surface area (Å²) in [5.41, 5.74) is -1.84. The summed E-state index contributed by atoms with van der Waals surface area (Å²) in [6.07, 6.45) is -1.44. The Kier molecular flexibility index (Phi) is 4.28. The van der Waals surface area contributed by atoms with E-state index in [4.69, 9.17) is 9.47 Å². The molecule has 0 aromatic heterocycles. The van der Waals surface area contributed by atoms with Crippen molar-refractivity contribution in [2.45, 2.75) is 63.0 Å². The van der Waals surface area contributed by atoms with Crippen molar-refractivity contribution in [1.29, 1.82) is 0 Å². The van der Waals surface area contributed by atoms with Gasteiger partial charge in [-0.05, 0) is 31.1 Å². The summed E-state index contributed by atoms with van der Waals surface area (Å²) in [4.78, 5) is 12.1. The SMILES string of the molecule is O=C(C[C@@H]1CN[C@@H]2COC[C@H]2O1)NCC1(C(F)(F)F)CC2(CCC2)C1. The van der Waals surface area contributed by atoms with Crippen LogP contribution in [0.2, 0.25) is 0 Å². The monoisotopic (exact) mass is 362 g/mol. The summed E-state index contributed by atoms with van der Waals surface area (Å²) < 4.78 is 51.7. The van der Waals surface area contributed by atoms with Gasteiger partial charge >= 0.3 is 6.18 Å². The Morgan fingerprint density at radius 2 is 2.00 bits per heavy atom. The van der Waals surface area contributed by atoms with Crippen LogP contribution in [0, 0.1) is 10.8 Å². The number of hydrogen-bond donors (Lipinski definition) is 2. The molecule has 0 aromatic rings. The number of nitrogens with one attached hydrogen (secondary N) is 2. The van der Waals surface area contributed by atoms with E-state index in [0.29, 0.717) is 19.8 Å². The van der Waals surface area contributed by atoms with Crippen molar-refractivity contribution in [3.05, 3.63) is 0 Å². The van der Waals surface area contributed by atoms with E-state index < -0.39 is 11.6 Å². The quantitative estimate of drug-likeness (QED) is 0.800. The van der Waals surface area contributed by atoms with E-state index in [0.717, 1.165) is 19.3 Å². The van der Waals surface area contributed by atoms with Gasteiger partial charge in [0.2, 0.25) is 5.91 Å². The normalized spacial score (nSPS) is 35.6. The predicted molar refractivity (Wildman–Crippen MR) is 82.9 cm³/mol. The highest BCUT2D eigenvalue weighted by atomic mass is 19.4. The lowest BCUT2D eigenvalue weighted by Gasteiger charge is -2.61. The zero-order chi connectivity index (χ0) is 17.7. The third-order valence-electron chi connectivity index (χ3n) is 6.48. The Bertz CT molecular complexity index is 528. The Morgan fingerprint density at radius 1 is 1.24 bits per heavy atom. The maximum atomic E-state index is 13.5. The van der Waals surface area contributed by atoms with Crippen LogP contribution in [0.1, 0.15) is 38.5 Å². The number of hydrogen-bond acceptors (Lipinski definition) is 4. The number of fused-ring (bicyclic) bond motifs is 1. The molecule has 0 unspecified atom stereocenters. The summed E-state index contributed by atoms with van der Waals surface area (Å²) in [6, 6.07) is 0.154. The smallest absolute Gasteiger partial charge is 0.377 e. The number of alkyl halides is 3. The highest BCUT2D eigenvalue weighted by Crippen LogP contribution is 2.68. The van der Waals surface area contributed by atoms with Crippen LogP contribution in [0.4, 0.5) is 13.2 Å². The molecule has 1 amide bonds. The van der Waals surface area contributed by atoms with E-state index >= 15 is 0 Å². The molecule has 25 heavy (non-hydrogen) atoms. The number of halogens is 3. The van der Waals surface area contributed by atoms with Crippen LogP contribution in [0.25, 0.3) is 0 Å². The van der Waals surface area contributed by atoms with E-state index in [1.165, 1.54) is 0 Å². The van der Waals surface area contributed by atoms with Crippen LogP contribution in [0.5, 0.6) is 0 Å². The maximum Gasteiger partial charge on any atom is 0.396 e. The third-order valence-corrected chi connectivity index (χ3v) is 6.48. The Morgan fingerprint density at radius 3 is 2.64 bits per heavy atom. The van der Waals surface area contributed by atoms with E-state index in [-0.39, 0.29) is 55.4 Å². The lowest BCUT2D eigenvalue weighted by Crippen LogP contribution is -2.62. The molecule has 142 valence electrons. The molecule has 0 aromatic carbocycles. The van der Waals surface area contributed by atoms with Crippen molar-refractivity contribution in [1.82, 2.24) is 10.6 Å². The third kappa shape index (κ3) is 3.17. The molecule has 2 N–H and O–H groups in total. The molecule has 5 nitrogen and oxygen atoms in total. The van der Waals surface area contributed by atoms with E-state index in [1.54, 1.807) is 0 Å². The molecule has 1 spiro atoms. The molecule has 2 aliphatic carbocycles. The number of ether oxygens (including phenoxy) is 2. The largest absolute Gasteiger partial charge is 0.396 e. The average Bonchev–Trinajstić information content (AvgIpc) is 2.90. The second-order valence-electron chi connectivity index (χ2n) is 8.31. The van der Waals surface area contributed by atoms with Gasteiger partial charge in [-0.3, -0.25) is 4.79 Å². The number of amides is 1. The van der Waals surface area contributed by atoms with Gasteiger partial charge in [0.1, 0.15) is 0 Å². The van der Waals surface area contributed by atoms with Crippen LogP contribution < -0.4 is 10.6 Å². The molecule has 8 heteroatoms. The second-order valence-corrected chi connectivity index (χ2v) is 8.31. The van der Waals surface area contributed by atoms with Gasteiger partial charge < -0.3 is 20.1 Å². The van der Waals surface area contributed by atoms with Gasteiger partial charge in [-0.25, -0.2) is 0 Å². The fourth-order valence-corrected chi connectivity index (χ4v) is 4.94. The molecule has 2 heterocycles. The predicted octanol–water partition coefficient (Wildman–Crippen LogP) is 1.76. The minimum absolute atomic E-state index is 0.0711. The van der Waals surface area contributed by atoms with Crippen LogP contribution in [-0.4, -0.2) is 56.6 Å². The standard InChI is InChI=1S/C17H25F3N2O3/c18-17(19,20)16(8-15(9-16)2-1-3-15)10-22-14(23)4-11-5-21-12-6-24-7-13(12)25-11/h11-13,21H,1-10H2,(H,22,23)/t11-,12-,13-/m1/s1. The maximum absolute atomic E-state index is 13.5. The zero-order valence-corrected chi connectivity index (χ0v) is 14.2. The van der Waals surface area contributed by atoms with Gasteiger partial charge in [0.15, 0.2) is 0 Å². The van der Waals surface area contributed by atoms with Crippen molar-refractivity contribution in [2.24, 2.45) is 10.8 Å². The highest BCUT2D eigenvalue weighted by Gasteiger charge is 2.68. The topological polar surface area (TPSA) is 59.6 Å². The number of carbonyl (C=O) groups is 1. The number of morpholine rings is 1. The van der Waals surface area contributed by atoms with E-state index in [1.807, 2.05) is 0 Å². The molecule has 0 bridgehead atoms. The zero-order valence-electron chi connectivity index (χ0n) is 14.2. The summed E-state index contributed by atoms with van der Waals surface area (Å²) in [6.45, 7) is 1.30. The summed E-state index contributed by atoms with van der Waals surface area (Å²) >= 11 is 0. The fraction of sp³-hybridized carbons (Fsp3) is 0.941. The van der Waals surface area contributed by atoms with Gasteiger partial charge in [0.05, 0.1) is 43.3 Å². The first-order chi connectivity index (χ1) is 11.8. The average molecular weight is 362 g/mol. The minimum atomic E-state index is -4.27. The Hall–Kier alpha value is -0.860. The second kappa shape index (κ2) is 6.09. The Labute approximate surface area is 145 Å². The Balaban J connectivity index is 1.27. The molecule has 4 fully saturated rings. The summed E-state index contributed by atoms with van der Waals surface area (Å²) in [7, 11) is 0. The first kappa shape index (κ1) is 17.5. The summed E-state index contributed by atoms with van der Waals surface area (Å²) in [5, 5.41) is 5.80. The minimum Gasteiger partial charge on any atom is -0.377 e. The molecular formula is C17H25F3N2O3. The van der Waals surface area contributed by atoms with Crippen molar-refractivity contribution in [3.8, 4) is 0 Å². The fourth-order valence-electron chi connectivity index (χ4n) is 4.94. The molecular weight excluding hydrogens is 337 g/mol.